The number of ketones is 1. The van der Waals surface area contributed by atoms with Crippen molar-refractivity contribution in [2.45, 2.75) is 77.2 Å². The molecule has 2 saturated carbocycles. The fourth-order valence-corrected chi connectivity index (χ4v) is 4.85. The Bertz CT molecular complexity index is 861. The van der Waals surface area contributed by atoms with Gasteiger partial charge in [0.2, 0.25) is 0 Å². The molecular formula is C26H34O8. The van der Waals surface area contributed by atoms with Gasteiger partial charge in [-0.05, 0) is 82.1 Å². The van der Waals surface area contributed by atoms with E-state index in [9.17, 15) is 24.3 Å². The first-order chi connectivity index (χ1) is 16.3. The molecule has 186 valence electrons. The number of aliphatic carboxylic acids is 1. The molecular weight excluding hydrogens is 440 g/mol. The van der Waals surface area contributed by atoms with E-state index in [4.69, 9.17) is 14.6 Å². The van der Waals surface area contributed by atoms with Gasteiger partial charge < -0.3 is 19.7 Å². The standard InChI is InChI=1S/C26H34O8/c1-2-3-22(27)23(28)16-4-8-18(9-5-16)25(31)33-20-12-14-21(15-13-20)34-26(32)19-10-6-17(7-11-19)24(29)30/h12-19,22,27H,2-11H2,1H3,(H,29,30). The Balaban J connectivity index is 1.43. The molecule has 8 nitrogen and oxygen atoms in total. The summed E-state index contributed by atoms with van der Waals surface area (Å²) in [5.41, 5.74) is 0. The molecule has 2 fully saturated rings. The van der Waals surface area contributed by atoms with E-state index < -0.39 is 12.1 Å². The van der Waals surface area contributed by atoms with Crippen LogP contribution in [0.5, 0.6) is 11.5 Å². The van der Waals surface area contributed by atoms with Gasteiger partial charge in [0.15, 0.2) is 5.78 Å². The van der Waals surface area contributed by atoms with Crippen LogP contribution in [0.3, 0.4) is 0 Å². The number of carbonyl (C=O) groups excluding carboxylic acids is 3. The number of carboxylic acids is 1. The Morgan fingerprint density at radius 1 is 0.765 bits per heavy atom. The van der Waals surface area contributed by atoms with Crippen molar-refractivity contribution in [2.75, 3.05) is 0 Å². The van der Waals surface area contributed by atoms with E-state index >= 15 is 0 Å². The van der Waals surface area contributed by atoms with Gasteiger partial charge in [0, 0.05) is 5.92 Å². The van der Waals surface area contributed by atoms with Crippen molar-refractivity contribution in [3.63, 3.8) is 0 Å². The molecule has 1 atom stereocenters. The molecule has 2 aliphatic carbocycles. The van der Waals surface area contributed by atoms with E-state index in [2.05, 4.69) is 0 Å². The largest absolute Gasteiger partial charge is 0.481 e. The fraction of sp³-hybridized carbons (Fsp3) is 0.615. The van der Waals surface area contributed by atoms with Crippen LogP contribution in [0.2, 0.25) is 0 Å². The maximum Gasteiger partial charge on any atom is 0.314 e. The predicted molar refractivity (Wildman–Crippen MR) is 122 cm³/mol. The molecule has 0 aromatic heterocycles. The van der Waals surface area contributed by atoms with Gasteiger partial charge in [-0.15, -0.1) is 0 Å². The van der Waals surface area contributed by atoms with Gasteiger partial charge in [0.05, 0.1) is 17.8 Å². The van der Waals surface area contributed by atoms with Crippen molar-refractivity contribution in [3.05, 3.63) is 24.3 Å². The predicted octanol–water partition coefficient (Wildman–Crippen LogP) is 3.92. The van der Waals surface area contributed by atoms with E-state index in [1.807, 2.05) is 6.92 Å². The maximum atomic E-state index is 12.5. The van der Waals surface area contributed by atoms with Crippen LogP contribution in [0.25, 0.3) is 0 Å². The zero-order chi connectivity index (χ0) is 24.7. The Morgan fingerprint density at radius 2 is 1.15 bits per heavy atom. The number of hydrogen-bond donors (Lipinski definition) is 2. The van der Waals surface area contributed by atoms with Crippen molar-refractivity contribution in [1.29, 1.82) is 0 Å². The molecule has 0 radical (unpaired) electrons. The third-order valence-electron chi connectivity index (χ3n) is 7.02. The second-order valence-corrected chi connectivity index (χ2v) is 9.46. The molecule has 1 aromatic carbocycles. The topological polar surface area (TPSA) is 127 Å². The number of benzene rings is 1. The molecule has 34 heavy (non-hydrogen) atoms. The number of carbonyl (C=O) groups is 4. The Kier molecular flexibility index (Phi) is 9.21. The molecule has 2 N–H and O–H groups in total. The molecule has 8 heteroatoms. The second-order valence-electron chi connectivity index (χ2n) is 9.46. The van der Waals surface area contributed by atoms with Gasteiger partial charge in [-0.2, -0.15) is 0 Å². The number of Topliss-reactive ketones (excluding diaryl/α,β-unsaturated/α-hetero) is 1. The maximum absolute atomic E-state index is 12.5. The number of ether oxygens (including phenoxy) is 2. The molecule has 0 bridgehead atoms. The van der Waals surface area contributed by atoms with Crippen molar-refractivity contribution >= 4 is 23.7 Å². The highest BCUT2D eigenvalue weighted by molar-refractivity contribution is 5.85. The molecule has 0 amide bonds. The lowest BCUT2D eigenvalue weighted by Crippen LogP contribution is -2.33. The van der Waals surface area contributed by atoms with Crippen LogP contribution in [-0.2, 0) is 19.2 Å². The van der Waals surface area contributed by atoms with Crippen LogP contribution < -0.4 is 9.47 Å². The molecule has 2 aliphatic rings. The van der Waals surface area contributed by atoms with Crippen LogP contribution in [-0.4, -0.2) is 40.0 Å². The lowest BCUT2D eigenvalue weighted by atomic mass is 9.78. The molecule has 0 aliphatic heterocycles. The van der Waals surface area contributed by atoms with E-state index in [1.54, 1.807) is 24.3 Å². The van der Waals surface area contributed by atoms with Crippen molar-refractivity contribution < 1.29 is 38.9 Å². The summed E-state index contributed by atoms with van der Waals surface area (Å²) in [5.74, 6) is -2.14. The molecule has 3 rings (SSSR count). The van der Waals surface area contributed by atoms with Crippen LogP contribution >= 0.6 is 0 Å². The monoisotopic (exact) mass is 474 g/mol. The summed E-state index contributed by atoms with van der Waals surface area (Å²) in [7, 11) is 0. The zero-order valence-electron chi connectivity index (χ0n) is 19.6. The van der Waals surface area contributed by atoms with Crippen molar-refractivity contribution in [2.24, 2.45) is 23.7 Å². The van der Waals surface area contributed by atoms with Crippen molar-refractivity contribution in [1.82, 2.24) is 0 Å². The number of aliphatic hydroxyl groups is 1. The van der Waals surface area contributed by atoms with Crippen LogP contribution in [0.1, 0.15) is 71.1 Å². The molecule has 1 aromatic rings. The van der Waals surface area contributed by atoms with Gasteiger partial charge in [0.1, 0.15) is 17.6 Å². The summed E-state index contributed by atoms with van der Waals surface area (Å²) in [6, 6.07) is 6.26. The van der Waals surface area contributed by atoms with E-state index in [0.29, 0.717) is 69.3 Å². The highest BCUT2D eigenvalue weighted by atomic mass is 16.5. The van der Waals surface area contributed by atoms with Gasteiger partial charge >= 0.3 is 17.9 Å². The summed E-state index contributed by atoms with van der Waals surface area (Å²) >= 11 is 0. The Labute approximate surface area is 199 Å². The van der Waals surface area contributed by atoms with Crippen LogP contribution in [0, 0.1) is 23.7 Å². The number of esters is 2. The van der Waals surface area contributed by atoms with Gasteiger partial charge in [-0.3, -0.25) is 19.2 Å². The SMILES string of the molecule is CCCC(O)C(=O)C1CCC(C(=O)Oc2ccc(OC(=O)C3CCC(C(=O)O)CC3)cc2)CC1. The summed E-state index contributed by atoms with van der Waals surface area (Å²) in [6.45, 7) is 1.93. The quantitative estimate of drug-likeness (QED) is 0.407. The zero-order valence-corrected chi connectivity index (χ0v) is 19.6. The highest BCUT2D eigenvalue weighted by Gasteiger charge is 2.33. The lowest BCUT2D eigenvalue weighted by Gasteiger charge is -2.27. The van der Waals surface area contributed by atoms with E-state index in [1.165, 1.54) is 0 Å². The van der Waals surface area contributed by atoms with E-state index in [-0.39, 0.29) is 41.4 Å². The lowest BCUT2D eigenvalue weighted by molar-refractivity contribution is -0.146. The Hall–Kier alpha value is -2.74. The van der Waals surface area contributed by atoms with Gasteiger partial charge in [0.25, 0.3) is 0 Å². The highest BCUT2D eigenvalue weighted by Crippen LogP contribution is 2.33. The first-order valence-corrected chi connectivity index (χ1v) is 12.3. The summed E-state index contributed by atoms with van der Waals surface area (Å²) in [4.78, 5) is 48.2. The number of aliphatic hydroxyl groups excluding tert-OH is 1. The van der Waals surface area contributed by atoms with Crippen LogP contribution in [0.15, 0.2) is 24.3 Å². The minimum absolute atomic E-state index is 0.117. The molecule has 0 spiro atoms. The number of rotatable bonds is 9. The molecule has 0 saturated heterocycles. The average molecular weight is 475 g/mol. The number of carboxylic acid groups (broad SMARTS) is 1. The fourth-order valence-electron chi connectivity index (χ4n) is 4.85. The van der Waals surface area contributed by atoms with Crippen LogP contribution in [0.4, 0.5) is 0 Å². The Morgan fingerprint density at radius 3 is 1.53 bits per heavy atom. The summed E-state index contributed by atoms with van der Waals surface area (Å²) in [5, 5.41) is 19.0. The van der Waals surface area contributed by atoms with E-state index in [0.717, 1.165) is 6.42 Å². The summed E-state index contributed by atoms with van der Waals surface area (Å²) < 4.78 is 10.9. The average Bonchev–Trinajstić information content (AvgIpc) is 2.85. The third kappa shape index (κ3) is 6.88. The third-order valence-corrected chi connectivity index (χ3v) is 7.02. The van der Waals surface area contributed by atoms with Gasteiger partial charge in [-0.1, -0.05) is 13.3 Å². The first kappa shape index (κ1) is 25.9. The number of hydrogen-bond acceptors (Lipinski definition) is 7. The normalized spacial score (nSPS) is 25.7. The second kappa shape index (κ2) is 12.1. The molecule has 0 heterocycles. The smallest absolute Gasteiger partial charge is 0.314 e. The van der Waals surface area contributed by atoms with Crippen molar-refractivity contribution in [3.8, 4) is 11.5 Å². The van der Waals surface area contributed by atoms with Gasteiger partial charge in [-0.25, -0.2) is 0 Å². The minimum Gasteiger partial charge on any atom is -0.481 e. The first-order valence-electron chi connectivity index (χ1n) is 12.3. The molecule has 1 unspecified atom stereocenters. The summed E-state index contributed by atoms with van der Waals surface area (Å²) in [6.07, 6.45) is 4.49. The minimum atomic E-state index is -0.911.